The first kappa shape index (κ1) is 21.5. The van der Waals surface area contributed by atoms with Gasteiger partial charge in [0.25, 0.3) is 0 Å². The van der Waals surface area contributed by atoms with E-state index in [-0.39, 0.29) is 12.0 Å². The number of ether oxygens (including phenoxy) is 1. The standard InChI is InChI=1S/C24H28N4O2S/c1-15-8-9-19(12-16(15)2)13-23(29)28-10-11-30-21(14-28)20-6-5-7-22(26-20)27-24-25-17(3)18(4)31-24/h5-9,12,21H,10-11,13-14H2,1-4H3,(H,25,26,27)/t21-/m0/s1. The molecule has 1 N–H and O–H groups in total. The van der Waals surface area contributed by atoms with Crippen LogP contribution in [-0.4, -0.2) is 40.5 Å². The van der Waals surface area contributed by atoms with Crippen LogP contribution in [-0.2, 0) is 16.0 Å². The summed E-state index contributed by atoms with van der Waals surface area (Å²) in [7, 11) is 0. The Labute approximate surface area is 187 Å². The van der Waals surface area contributed by atoms with Gasteiger partial charge >= 0.3 is 0 Å². The van der Waals surface area contributed by atoms with Crippen LogP contribution in [0.3, 0.4) is 0 Å². The van der Waals surface area contributed by atoms with Crippen molar-refractivity contribution >= 4 is 28.2 Å². The molecule has 0 unspecified atom stereocenters. The van der Waals surface area contributed by atoms with E-state index in [0.29, 0.717) is 26.1 Å². The summed E-state index contributed by atoms with van der Waals surface area (Å²) in [5.41, 5.74) is 5.35. The molecule has 7 heteroatoms. The fourth-order valence-corrected chi connectivity index (χ4v) is 4.41. The fourth-order valence-electron chi connectivity index (χ4n) is 3.59. The highest BCUT2D eigenvalue weighted by atomic mass is 32.1. The molecule has 2 aromatic heterocycles. The van der Waals surface area contributed by atoms with Crippen LogP contribution in [0.5, 0.6) is 0 Å². The molecule has 3 heterocycles. The quantitative estimate of drug-likeness (QED) is 0.630. The summed E-state index contributed by atoms with van der Waals surface area (Å²) < 4.78 is 5.96. The van der Waals surface area contributed by atoms with Crippen molar-refractivity contribution < 1.29 is 9.53 Å². The van der Waals surface area contributed by atoms with E-state index in [1.54, 1.807) is 11.3 Å². The van der Waals surface area contributed by atoms with Crippen molar-refractivity contribution in [2.45, 2.75) is 40.2 Å². The highest BCUT2D eigenvalue weighted by molar-refractivity contribution is 7.15. The summed E-state index contributed by atoms with van der Waals surface area (Å²) >= 11 is 1.61. The maximum atomic E-state index is 12.9. The minimum atomic E-state index is -0.237. The molecule has 0 bridgehead atoms. The van der Waals surface area contributed by atoms with Crippen LogP contribution in [0, 0.1) is 27.7 Å². The van der Waals surface area contributed by atoms with Crippen LogP contribution < -0.4 is 5.32 Å². The number of carbonyl (C=O) groups excluding carboxylic acids is 1. The molecule has 1 amide bonds. The maximum absolute atomic E-state index is 12.9. The minimum absolute atomic E-state index is 0.125. The van der Waals surface area contributed by atoms with E-state index < -0.39 is 0 Å². The molecule has 0 aliphatic carbocycles. The van der Waals surface area contributed by atoms with E-state index in [9.17, 15) is 4.79 Å². The highest BCUT2D eigenvalue weighted by Crippen LogP contribution is 2.26. The Bertz CT molecular complexity index is 1080. The first-order valence-corrected chi connectivity index (χ1v) is 11.3. The maximum Gasteiger partial charge on any atom is 0.227 e. The molecule has 1 fully saturated rings. The van der Waals surface area contributed by atoms with Crippen molar-refractivity contribution in [1.29, 1.82) is 0 Å². The number of benzene rings is 1. The SMILES string of the molecule is Cc1ccc(CC(=O)N2CCO[C@H](c3cccc(Nc4nc(C)c(C)s4)n3)C2)cc1C. The van der Waals surface area contributed by atoms with Gasteiger partial charge in [0.2, 0.25) is 5.91 Å². The third kappa shape index (κ3) is 5.11. The Hall–Kier alpha value is -2.77. The fraction of sp³-hybridized carbons (Fsp3) is 0.375. The van der Waals surface area contributed by atoms with E-state index in [1.807, 2.05) is 36.1 Å². The summed E-state index contributed by atoms with van der Waals surface area (Å²) in [4.78, 5) is 25.2. The summed E-state index contributed by atoms with van der Waals surface area (Å²) in [6.45, 7) is 9.84. The van der Waals surface area contributed by atoms with Crippen LogP contribution in [0.25, 0.3) is 0 Å². The summed E-state index contributed by atoms with van der Waals surface area (Å²) in [6, 6.07) is 12.0. The average molecular weight is 437 g/mol. The van der Waals surface area contributed by atoms with E-state index in [1.165, 1.54) is 16.0 Å². The number of rotatable bonds is 5. The minimum Gasteiger partial charge on any atom is -0.368 e. The monoisotopic (exact) mass is 436 g/mol. The molecule has 3 aromatic rings. The lowest BCUT2D eigenvalue weighted by molar-refractivity contribution is -0.138. The van der Waals surface area contributed by atoms with Gasteiger partial charge in [0, 0.05) is 11.4 Å². The van der Waals surface area contributed by atoms with Crippen molar-refractivity contribution in [3.8, 4) is 0 Å². The number of nitrogens with one attached hydrogen (secondary N) is 1. The van der Waals surface area contributed by atoms with Crippen LogP contribution >= 0.6 is 11.3 Å². The van der Waals surface area contributed by atoms with Crippen molar-refractivity contribution in [3.63, 3.8) is 0 Å². The molecule has 1 atom stereocenters. The first-order valence-electron chi connectivity index (χ1n) is 10.5. The van der Waals surface area contributed by atoms with E-state index in [4.69, 9.17) is 9.72 Å². The van der Waals surface area contributed by atoms with Gasteiger partial charge in [0.1, 0.15) is 11.9 Å². The zero-order valence-corrected chi connectivity index (χ0v) is 19.3. The molecule has 0 radical (unpaired) electrons. The molecule has 1 saturated heterocycles. The van der Waals surface area contributed by atoms with Gasteiger partial charge in [-0.1, -0.05) is 24.3 Å². The zero-order valence-electron chi connectivity index (χ0n) is 18.4. The number of aromatic nitrogens is 2. The van der Waals surface area contributed by atoms with Gasteiger partial charge in [0.05, 0.1) is 31.0 Å². The Morgan fingerprint density at radius 3 is 2.74 bits per heavy atom. The van der Waals surface area contributed by atoms with Gasteiger partial charge in [-0.2, -0.15) is 0 Å². The zero-order chi connectivity index (χ0) is 22.0. The number of morpholine rings is 1. The lowest BCUT2D eigenvalue weighted by atomic mass is 10.0. The van der Waals surface area contributed by atoms with Crippen molar-refractivity contribution in [3.05, 3.63) is 69.4 Å². The third-order valence-electron chi connectivity index (χ3n) is 5.71. The molecule has 6 nitrogen and oxygen atoms in total. The van der Waals surface area contributed by atoms with Crippen LogP contribution in [0.15, 0.2) is 36.4 Å². The lowest BCUT2D eigenvalue weighted by Gasteiger charge is -2.33. The topological polar surface area (TPSA) is 67.3 Å². The summed E-state index contributed by atoms with van der Waals surface area (Å²) in [6.07, 6.45) is 0.171. The van der Waals surface area contributed by atoms with Crippen LogP contribution in [0.2, 0.25) is 0 Å². The average Bonchev–Trinajstić information content (AvgIpc) is 3.07. The van der Waals surface area contributed by atoms with E-state index in [2.05, 4.69) is 43.2 Å². The Balaban J connectivity index is 1.43. The van der Waals surface area contributed by atoms with Crippen molar-refractivity contribution in [1.82, 2.24) is 14.9 Å². The van der Waals surface area contributed by atoms with E-state index in [0.717, 1.165) is 27.9 Å². The molecule has 31 heavy (non-hydrogen) atoms. The molecule has 1 aromatic carbocycles. The first-order chi connectivity index (χ1) is 14.9. The Morgan fingerprint density at radius 1 is 1.16 bits per heavy atom. The van der Waals surface area contributed by atoms with Crippen molar-refractivity contribution in [2.75, 3.05) is 25.0 Å². The Kier molecular flexibility index (Phi) is 6.34. The second-order valence-electron chi connectivity index (χ2n) is 8.03. The second kappa shape index (κ2) is 9.16. The summed E-state index contributed by atoms with van der Waals surface area (Å²) in [5.74, 6) is 0.855. The third-order valence-corrected chi connectivity index (χ3v) is 6.70. The number of thiazole rings is 1. The molecule has 162 valence electrons. The van der Waals surface area contributed by atoms with Gasteiger partial charge in [0.15, 0.2) is 5.13 Å². The number of pyridine rings is 1. The lowest BCUT2D eigenvalue weighted by Crippen LogP contribution is -2.43. The van der Waals surface area contributed by atoms with Gasteiger partial charge in [-0.15, -0.1) is 11.3 Å². The smallest absolute Gasteiger partial charge is 0.227 e. The second-order valence-corrected chi connectivity index (χ2v) is 9.23. The molecular weight excluding hydrogens is 408 g/mol. The van der Waals surface area contributed by atoms with Gasteiger partial charge in [-0.05, 0) is 56.5 Å². The molecular formula is C24H28N4O2S. The number of hydrogen-bond acceptors (Lipinski definition) is 6. The van der Waals surface area contributed by atoms with Gasteiger partial charge < -0.3 is 15.0 Å². The van der Waals surface area contributed by atoms with E-state index >= 15 is 0 Å². The summed E-state index contributed by atoms with van der Waals surface area (Å²) in [5, 5.41) is 4.11. The van der Waals surface area contributed by atoms with Crippen LogP contribution in [0.1, 0.15) is 39.1 Å². The number of aryl methyl sites for hydroxylation is 4. The number of anilines is 2. The van der Waals surface area contributed by atoms with Gasteiger partial charge in [-0.25, -0.2) is 9.97 Å². The molecule has 0 saturated carbocycles. The predicted molar refractivity (Wildman–Crippen MR) is 124 cm³/mol. The largest absolute Gasteiger partial charge is 0.368 e. The van der Waals surface area contributed by atoms with Gasteiger partial charge in [-0.3, -0.25) is 4.79 Å². The molecule has 0 spiro atoms. The Morgan fingerprint density at radius 2 is 2.00 bits per heavy atom. The number of hydrogen-bond donors (Lipinski definition) is 1. The highest BCUT2D eigenvalue weighted by Gasteiger charge is 2.26. The predicted octanol–water partition coefficient (Wildman–Crippen LogP) is 4.66. The van der Waals surface area contributed by atoms with Crippen LogP contribution in [0.4, 0.5) is 10.9 Å². The molecule has 1 aliphatic heterocycles. The normalized spacial score (nSPS) is 16.4. The molecule has 1 aliphatic rings. The van der Waals surface area contributed by atoms with Crippen molar-refractivity contribution in [2.24, 2.45) is 0 Å². The number of amides is 1. The number of nitrogens with zero attached hydrogens (tertiary/aromatic N) is 3. The number of carbonyl (C=O) groups is 1. The molecule has 4 rings (SSSR count).